The fraction of sp³-hybridized carbons (Fsp3) is 1.00. The first-order valence-electron chi connectivity index (χ1n) is 5.46. The molecule has 0 aromatic rings. The van der Waals surface area contributed by atoms with Crippen molar-refractivity contribution in [3.05, 3.63) is 0 Å². The summed E-state index contributed by atoms with van der Waals surface area (Å²) in [5.41, 5.74) is 6.77. The van der Waals surface area contributed by atoms with E-state index in [9.17, 15) is 0 Å². The molecule has 0 saturated carbocycles. The van der Waals surface area contributed by atoms with E-state index < -0.39 is 0 Å². The van der Waals surface area contributed by atoms with Crippen molar-refractivity contribution in [3.8, 4) is 0 Å². The third-order valence-corrected chi connectivity index (χ3v) is 4.03. The third-order valence-electron chi connectivity index (χ3n) is 4.03. The minimum absolute atomic E-state index is 0.329. The maximum atomic E-state index is 6.10. The SMILES string of the molecule is CC(C)(C)C12CCC(CC(N)C1)N2. The summed E-state index contributed by atoms with van der Waals surface area (Å²) in [6, 6.07) is 1.12. The van der Waals surface area contributed by atoms with E-state index in [2.05, 4.69) is 26.1 Å². The zero-order valence-electron chi connectivity index (χ0n) is 9.06. The summed E-state index contributed by atoms with van der Waals surface area (Å²) in [6.07, 6.45) is 4.98. The average molecular weight is 182 g/mol. The summed E-state index contributed by atoms with van der Waals surface area (Å²) < 4.78 is 0. The number of rotatable bonds is 0. The first-order valence-corrected chi connectivity index (χ1v) is 5.46. The van der Waals surface area contributed by atoms with Crippen molar-refractivity contribution < 1.29 is 0 Å². The highest BCUT2D eigenvalue weighted by molar-refractivity contribution is 5.10. The van der Waals surface area contributed by atoms with E-state index in [-0.39, 0.29) is 0 Å². The van der Waals surface area contributed by atoms with Gasteiger partial charge in [-0.2, -0.15) is 0 Å². The lowest BCUT2D eigenvalue weighted by molar-refractivity contribution is 0.109. The van der Waals surface area contributed by atoms with Crippen LogP contribution in [0.3, 0.4) is 0 Å². The van der Waals surface area contributed by atoms with E-state index >= 15 is 0 Å². The highest BCUT2D eigenvalue weighted by Gasteiger charge is 2.50. The lowest BCUT2D eigenvalue weighted by Crippen LogP contribution is -2.59. The van der Waals surface area contributed by atoms with Crippen LogP contribution in [0.2, 0.25) is 0 Å². The number of fused-ring (bicyclic) bond motifs is 2. The maximum Gasteiger partial charge on any atom is 0.0247 e. The van der Waals surface area contributed by atoms with E-state index in [0.29, 0.717) is 23.0 Å². The summed E-state index contributed by atoms with van der Waals surface area (Å²) in [4.78, 5) is 0. The standard InChI is InChI=1S/C11H22N2/c1-10(2,3)11-5-4-9(13-11)6-8(12)7-11/h8-9,13H,4-7,12H2,1-3H3. The van der Waals surface area contributed by atoms with Gasteiger partial charge in [0.1, 0.15) is 0 Å². The van der Waals surface area contributed by atoms with Gasteiger partial charge >= 0.3 is 0 Å². The van der Waals surface area contributed by atoms with Crippen LogP contribution in [0, 0.1) is 5.41 Å². The molecule has 2 heteroatoms. The number of hydrogen-bond donors (Lipinski definition) is 2. The Morgan fingerprint density at radius 2 is 2.08 bits per heavy atom. The fourth-order valence-corrected chi connectivity index (χ4v) is 3.09. The molecule has 3 N–H and O–H groups in total. The lowest BCUT2D eigenvalue weighted by atomic mass is 9.69. The van der Waals surface area contributed by atoms with Crippen LogP contribution in [0.15, 0.2) is 0 Å². The normalized spacial score (nSPS) is 45.2. The largest absolute Gasteiger partial charge is 0.328 e. The van der Waals surface area contributed by atoms with Gasteiger partial charge in [-0.1, -0.05) is 20.8 Å². The average Bonchev–Trinajstić information content (AvgIpc) is 2.26. The smallest absolute Gasteiger partial charge is 0.0247 e. The fourth-order valence-electron chi connectivity index (χ4n) is 3.09. The second-order valence-corrected chi connectivity index (χ2v) is 5.91. The van der Waals surface area contributed by atoms with Gasteiger partial charge in [0.25, 0.3) is 0 Å². The summed E-state index contributed by atoms with van der Waals surface area (Å²) in [5.74, 6) is 0. The van der Waals surface area contributed by atoms with Crippen molar-refractivity contribution in [2.75, 3.05) is 0 Å². The molecule has 2 heterocycles. The Morgan fingerprint density at radius 1 is 1.38 bits per heavy atom. The Hall–Kier alpha value is -0.0800. The summed E-state index contributed by atoms with van der Waals surface area (Å²) in [6.45, 7) is 7.00. The van der Waals surface area contributed by atoms with Crippen LogP contribution in [0.4, 0.5) is 0 Å². The van der Waals surface area contributed by atoms with Crippen LogP contribution in [-0.4, -0.2) is 17.6 Å². The van der Waals surface area contributed by atoms with Crippen molar-refractivity contribution in [2.45, 2.75) is 64.1 Å². The van der Waals surface area contributed by atoms with Gasteiger partial charge in [-0.3, -0.25) is 0 Å². The minimum atomic E-state index is 0.329. The molecule has 0 aromatic carbocycles. The molecule has 2 nitrogen and oxygen atoms in total. The van der Waals surface area contributed by atoms with Crippen LogP contribution in [0.5, 0.6) is 0 Å². The first-order chi connectivity index (χ1) is 5.93. The molecule has 2 aliphatic rings. The molecule has 76 valence electrons. The van der Waals surface area contributed by atoms with Gasteiger partial charge in [-0.25, -0.2) is 0 Å². The van der Waals surface area contributed by atoms with Crippen molar-refractivity contribution in [3.63, 3.8) is 0 Å². The summed E-state index contributed by atoms with van der Waals surface area (Å²) in [7, 11) is 0. The Labute approximate surface area is 81.3 Å². The molecule has 3 atom stereocenters. The highest BCUT2D eigenvalue weighted by atomic mass is 15.1. The lowest BCUT2D eigenvalue weighted by Gasteiger charge is -2.47. The number of nitrogens with two attached hydrogens (primary N) is 1. The second-order valence-electron chi connectivity index (χ2n) is 5.91. The molecule has 13 heavy (non-hydrogen) atoms. The second kappa shape index (κ2) is 2.71. The van der Waals surface area contributed by atoms with Gasteiger partial charge < -0.3 is 11.1 Å². The van der Waals surface area contributed by atoms with Gasteiger partial charge in [-0.15, -0.1) is 0 Å². The number of nitrogens with one attached hydrogen (secondary N) is 1. The molecule has 2 fully saturated rings. The molecule has 0 radical (unpaired) electrons. The Balaban J connectivity index is 2.23. The van der Waals surface area contributed by atoms with E-state index in [1.807, 2.05) is 0 Å². The Morgan fingerprint density at radius 3 is 2.69 bits per heavy atom. The van der Waals surface area contributed by atoms with Crippen molar-refractivity contribution >= 4 is 0 Å². The van der Waals surface area contributed by atoms with E-state index in [1.165, 1.54) is 19.3 Å². The molecule has 0 aliphatic carbocycles. The molecule has 2 rings (SSSR count). The van der Waals surface area contributed by atoms with Gasteiger partial charge in [0.15, 0.2) is 0 Å². The van der Waals surface area contributed by atoms with E-state index in [4.69, 9.17) is 5.73 Å². The zero-order valence-corrected chi connectivity index (χ0v) is 9.06. The van der Waals surface area contributed by atoms with Gasteiger partial charge in [0.2, 0.25) is 0 Å². The maximum absolute atomic E-state index is 6.10. The van der Waals surface area contributed by atoms with Crippen LogP contribution in [-0.2, 0) is 0 Å². The predicted octanol–water partition coefficient (Wildman–Crippen LogP) is 1.64. The Kier molecular flexibility index (Phi) is 1.97. The monoisotopic (exact) mass is 182 g/mol. The quantitative estimate of drug-likeness (QED) is 0.598. The highest BCUT2D eigenvalue weighted by Crippen LogP contribution is 2.46. The minimum Gasteiger partial charge on any atom is -0.328 e. The van der Waals surface area contributed by atoms with Crippen LogP contribution in [0.25, 0.3) is 0 Å². The van der Waals surface area contributed by atoms with Crippen molar-refractivity contribution in [1.29, 1.82) is 0 Å². The van der Waals surface area contributed by atoms with Gasteiger partial charge in [-0.05, 0) is 31.1 Å². The van der Waals surface area contributed by atoms with Gasteiger partial charge in [0.05, 0.1) is 0 Å². The van der Waals surface area contributed by atoms with Crippen molar-refractivity contribution in [2.24, 2.45) is 11.1 Å². The topological polar surface area (TPSA) is 38.0 Å². The molecule has 0 amide bonds. The molecule has 2 aliphatic heterocycles. The zero-order chi connectivity index (χ0) is 9.69. The number of hydrogen-bond acceptors (Lipinski definition) is 2. The predicted molar refractivity (Wildman–Crippen MR) is 55.6 cm³/mol. The Bertz CT molecular complexity index is 207. The van der Waals surface area contributed by atoms with E-state index in [1.54, 1.807) is 0 Å². The first kappa shape index (κ1) is 9.47. The molecular formula is C11H22N2. The molecular weight excluding hydrogens is 160 g/mol. The molecule has 0 spiro atoms. The van der Waals surface area contributed by atoms with E-state index in [0.717, 1.165) is 6.42 Å². The van der Waals surface area contributed by atoms with Gasteiger partial charge in [0, 0.05) is 17.6 Å². The third kappa shape index (κ3) is 1.40. The molecule has 2 bridgehead atoms. The summed E-state index contributed by atoms with van der Waals surface area (Å²) >= 11 is 0. The number of piperidine rings is 1. The molecule has 3 unspecified atom stereocenters. The molecule has 0 aromatic heterocycles. The summed E-state index contributed by atoms with van der Waals surface area (Å²) in [5, 5.41) is 3.79. The van der Waals surface area contributed by atoms with Crippen LogP contribution in [0.1, 0.15) is 46.5 Å². The van der Waals surface area contributed by atoms with Crippen LogP contribution < -0.4 is 11.1 Å². The van der Waals surface area contributed by atoms with Crippen LogP contribution >= 0.6 is 0 Å². The van der Waals surface area contributed by atoms with Crippen molar-refractivity contribution in [1.82, 2.24) is 5.32 Å². The molecule has 2 saturated heterocycles.